The molecule has 0 saturated carbocycles. The van der Waals surface area contributed by atoms with E-state index in [1.54, 1.807) is 0 Å². The van der Waals surface area contributed by atoms with Crippen molar-refractivity contribution in [2.24, 2.45) is 0 Å². The first-order valence-corrected chi connectivity index (χ1v) is 6.65. The number of ether oxygens (including phenoxy) is 1. The lowest BCUT2D eigenvalue weighted by molar-refractivity contribution is 0.329. The maximum absolute atomic E-state index is 8.48. The zero-order valence-corrected chi connectivity index (χ0v) is 10.1. The Morgan fingerprint density at radius 3 is 3.19 bits per heavy atom. The summed E-state index contributed by atoms with van der Waals surface area (Å²) >= 11 is 1.89. The number of benzene rings is 1. The fourth-order valence-corrected chi connectivity index (χ4v) is 2.85. The van der Waals surface area contributed by atoms with E-state index < -0.39 is 0 Å². The highest BCUT2D eigenvalue weighted by molar-refractivity contribution is 7.99. The van der Waals surface area contributed by atoms with Crippen LogP contribution < -0.4 is 4.74 Å². The number of aryl methyl sites for hydroxylation is 1. The van der Waals surface area contributed by atoms with Gasteiger partial charge in [0.15, 0.2) is 0 Å². The highest BCUT2D eigenvalue weighted by Crippen LogP contribution is 2.36. The van der Waals surface area contributed by atoms with Gasteiger partial charge in [-0.25, -0.2) is 0 Å². The molecule has 0 atom stereocenters. The van der Waals surface area contributed by atoms with Crippen LogP contribution in [0.25, 0.3) is 0 Å². The molecular formula is C13H15NOS. The highest BCUT2D eigenvalue weighted by atomic mass is 32.2. The van der Waals surface area contributed by atoms with Crippen LogP contribution in [-0.4, -0.2) is 12.4 Å². The van der Waals surface area contributed by atoms with Crippen LogP contribution in [0.1, 0.15) is 24.8 Å². The molecule has 0 aromatic heterocycles. The molecule has 0 fully saturated rings. The molecule has 84 valence electrons. The van der Waals surface area contributed by atoms with Crippen molar-refractivity contribution in [1.29, 1.82) is 5.26 Å². The van der Waals surface area contributed by atoms with E-state index in [0.29, 0.717) is 6.42 Å². The zero-order valence-electron chi connectivity index (χ0n) is 9.24. The molecule has 0 saturated heterocycles. The summed E-state index contributed by atoms with van der Waals surface area (Å²) in [4.78, 5) is 1.31. The number of nitriles is 1. The molecule has 0 N–H and O–H groups in total. The van der Waals surface area contributed by atoms with Crippen LogP contribution in [0.15, 0.2) is 23.1 Å². The molecule has 3 heteroatoms. The molecule has 1 heterocycles. The van der Waals surface area contributed by atoms with Crippen molar-refractivity contribution in [2.45, 2.75) is 30.6 Å². The predicted molar refractivity (Wildman–Crippen MR) is 65.8 cm³/mol. The van der Waals surface area contributed by atoms with E-state index in [1.807, 2.05) is 17.8 Å². The molecule has 0 aliphatic carbocycles. The molecule has 16 heavy (non-hydrogen) atoms. The first kappa shape index (κ1) is 11.3. The summed E-state index contributed by atoms with van der Waals surface area (Å²) in [6.45, 7) is 0.815. The van der Waals surface area contributed by atoms with Gasteiger partial charge in [0.2, 0.25) is 0 Å². The molecule has 1 aromatic rings. The summed E-state index contributed by atoms with van der Waals surface area (Å²) < 4.78 is 5.62. The standard InChI is InChI=1S/C13H15NOS/c14-8-3-1-2-5-11-6-4-7-12-13(11)16-10-9-15-12/h4,6-7H,1-3,5,9-10H2. The molecule has 0 unspecified atom stereocenters. The number of hydrogen-bond acceptors (Lipinski definition) is 3. The number of fused-ring (bicyclic) bond motifs is 1. The summed E-state index contributed by atoms with van der Waals surface area (Å²) in [6, 6.07) is 8.46. The Morgan fingerprint density at radius 1 is 1.38 bits per heavy atom. The van der Waals surface area contributed by atoms with Crippen LogP contribution in [0.3, 0.4) is 0 Å². The zero-order chi connectivity index (χ0) is 11.2. The maximum Gasteiger partial charge on any atom is 0.133 e. The summed E-state index contributed by atoms with van der Waals surface area (Å²) in [5.41, 5.74) is 1.38. The Hall–Kier alpha value is -1.14. The molecule has 0 spiro atoms. The summed E-state index contributed by atoms with van der Waals surface area (Å²) in [7, 11) is 0. The Bertz CT molecular complexity index is 397. The second kappa shape index (κ2) is 5.81. The number of rotatable bonds is 4. The van der Waals surface area contributed by atoms with Crippen LogP contribution in [0.2, 0.25) is 0 Å². The van der Waals surface area contributed by atoms with Crippen molar-refractivity contribution < 1.29 is 4.74 Å². The first-order chi connectivity index (χ1) is 7.92. The summed E-state index contributed by atoms with van der Waals surface area (Å²) in [5, 5.41) is 8.48. The minimum Gasteiger partial charge on any atom is -0.492 e. The Labute approximate surface area is 101 Å². The lowest BCUT2D eigenvalue weighted by atomic mass is 10.1. The number of thioether (sulfide) groups is 1. The summed E-state index contributed by atoms with van der Waals surface area (Å²) in [5.74, 6) is 2.08. The molecule has 0 radical (unpaired) electrons. The Morgan fingerprint density at radius 2 is 2.31 bits per heavy atom. The van der Waals surface area contributed by atoms with Gasteiger partial charge in [-0.1, -0.05) is 12.1 Å². The van der Waals surface area contributed by atoms with Crippen molar-refractivity contribution in [3.63, 3.8) is 0 Å². The minimum absolute atomic E-state index is 0.665. The lowest BCUT2D eigenvalue weighted by Crippen LogP contribution is -2.08. The van der Waals surface area contributed by atoms with Gasteiger partial charge in [0, 0.05) is 12.2 Å². The second-order valence-electron chi connectivity index (χ2n) is 3.81. The molecule has 0 amide bonds. The molecular weight excluding hydrogens is 218 g/mol. The van der Waals surface area contributed by atoms with Crippen LogP contribution in [0, 0.1) is 11.3 Å². The van der Waals surface area contributed by atoms with E-state index in [1.165, 1.54) is 10.5 Å². The summed E-state index contributed by atoms with van der Waals surface area (Å²) in [6.07, 6.45) is 3.80. The number of hydrogen-bond donors (Lipinski definition) is 0. The van der Waals surface area contributed by atoms with Gasteiger partial charge in [-0.05, 0) is 30.9 Å². The van der Waals surface area contributed by atoms with Gasteiger partial charge >= 0.3 is 0 Å². The van der Waals surface area contributed by atoms with Crippen LogP contribution >= 0.6 is 11.8 Å². The van der Waals surface area contributed by atoms with Crippen LogP contribution in [0.4, 0.5) is 0 Å². The lowest BCUT2D eigenvalue weighted by Gasteiger charge is -2.19. The average Bonchev–Trinajstić information content (AvgIpc) is 2.35. The SMILES string of the molecule is N#CCCCCc1cccc2c1SCCO2. The number of unbranched alkanes of at least 4 members (excludes halogenated alkanes) is 2. The molecule has 1 aliphatic heterocycles. The third kappa shape index (κ3) is 2.70. The van der Waals surface area contributed by atoms with Gasteiger partial charge in [0.05, 0.1) is 17.6 Å². The van der Waals surface area contributed by atoms with E-state index in [0.717, 1.165) is 37.4 Å². The fraction of sp³-hybridized carbons (Fsp3) is 0.462. The van der Waals surface area contributed by atoms with Gasteiger partial charge < -0.3 is 4.74 Å². The first-order valence-electron chi connectivity index (χ1n) is 5.66. The maximum atomic E-state index is 8.48. The normalized spacial score (nSPS) is 13.7. The van der Waals surface area contributed by atoms with Gasteiger partial charge in [-0.15, -0.1) is 11.8 Å². The Balaban J connectivity index is 2.01. The van der Waals surface area contributed by atoms with Crippen molar-refractivity contribution in [3.8, 4) is 11.8 Å². The quantitative estimate of drug-likeness (QED) is 0.747. The number of nitrogens with zero attached hydrogens (tertiary/aromatic N) is 1. The monoisotopic (exact) mass is 233 g/mol. The second-order valence-corrected chi connectivity index (χ2v) is 4.91. The van der Waals surface area contributed by atoms with Gasteiger partial charge in [0.1, 0.15) is 5.75 Å². The van der Waals surface area contributed by atoms with Crippen molar-refractivity contribution in [3.05, 3.63) is 23.8 Å². The van der Waals surface area contributed by atoms with Crippen molar-refractivity contribution in [1.82, 2.24) is 0 Å². The van der Waals surface area contributed by atoms with Gasteiger partial charge in [-0.2, -0.15) is 5.26 Å². The average molecular weight is 233 g/mol. The van der Waals surface area contributed by atoms with E-state index in [2.05, 4.69) is 18.2 Å². The van der Waals surface area contributed by atoms with Gasteiger partial charge in [0.25, 0.3) is 0 Å². The van der Waals surface area contributed by atoms with Crippen LogP contribution in [0.5, 0.6) is 5.75 Å². The van der Waals surface area contributed by atoms with Crippen molar-refractivity contribution in [2.75, 3.05) is 12.4 Å². The van der Waals surface area contributed by atoms with Crippen molar-refractivity contribution >= 4 is 11.8 Å². The van der Waals surface area contributed by atoms with E-state index in [-0.39, 0.29) is 0 Å². The molecule has 2 rings (SSSR count). The third-order valence-corrected chi connectivity index (χ3v) is 3.76. The smallest absolute Gasteiger partial charge is 0.133 e. The molecule has 0 bridgehead atoms. The van der Waals surface area contributed by atoms with Gasteiger partial charge in [-0.3, -0.25) is 0 Å². The molecule has 1 aromatic carbocycles. The molecule has 1 aliphatic rings. The third-order valence-electron chi connectivity index (χ3n) is 2.63. The predicted octanol–water partition coefficient (Wildman–Crippen LogP) is 3.41. The highest BCUT2D eigenvalue weighted by Gasteiger charge is 2.13. The minimum atomic E-state index is 0.665. The van der Waals surface area contributed by atoms with E-state index >= 15 is 0 Å². The Kier molecular flexibility index (Phi) is 4.12. The largest absolute Gasteiger partial charge is 0.492 e. The van der Waals surface area contributed by atoms with E-state index in [9.17, 15) is 0 Å². The van der Waals surface area contributed by atoms with Crippen LogP contribution in [-0.2, 0) is 6.42 Å². The van der Waals surface area contributed by atoms with E-state index in [4.69, 9.17) is 10.00 Å². The topological polar surface area (TPSA) is 33.0 Å². The fourth-order valence-electron chi connectivity index (χ4n) is 1.85. The molecule has 2 nitrogen and oxygen atoms in total.